The highest BCUT2D eigenvalue weighted by Crippen LogP contribution is 2.22. The van der Waals surface area contributed by atoms with Crippen LogP contribution >= 0.6 is 0 Å². The van der Waals surface area contributed by atoms with Crippen molar-refractivity contribution >= 4 is 5.78 Å². The molecule has 0 fully saturated rings. The van der Waals surface area contributed by atoms with E-state index >= 15 is 0 Å². The Morgan fingerprint density at radius 1 is 0.222 bits per heavy atom. The van der Waals surface area contributed by atoms with Gasteiger partial charge in [-0.2, -0.15) is 0 Å². The molecule has 0 saturated heterocycles. The Morgan fingerprint density at radius 3 is 0.611 bits per heavy atom. The minimum absolute atomic E-state index is 0. The maximum absolute atomic E-state index is 12.1. The molecular formula is C70H144O2. The highest BCUT2D eigenvalue weighted by atomic mass is 16.1. The van der Waals surface area contributed by atoms with E-state index in [2.05, 4.69) is 48.5 Å². The van der Waals surface area contributed by atoms with Crippen molar-refractivity contribution in [1.82, 2.24) is 0 Å². The number of hydrogen-bond acceptors (Lipinski definition) is 1. The van der Waals surface area contributed by atoms with Crippen molar-refractivity contribution in [3.63, 3.8) is 0 Å². The van der Waals surface area contributed by atoms with Crippen LogP contribution in [0.4, 0.5) is 0 Å². The minimum Gasteiger partial charge on any atom is -0.412 e. The second-order valence-electron chi connectivity index (χ2n) is 24.6. The van der Waals surface area contributed by atoms with Crippen molar-refractivity contribution in [2.75, 3.05) is 0 Å². The third kappa shape index (κ3) is 69.6. The summed E-state index contributed by atoms with van der Waals surface area (Å²) in [6.45, 7) is 16.5. The molecule has 0 heterocycles. The molecule has 0 amide bonds. The second kappa shape index (κ2) is 68.6. The summed E-state index contributed by atoms with van der Waals surface area (Å²) in [7, 11) is 0. The van der Waals surface area contributed by atoms with Crippen LogP contribution < -0.4 is 0 Å². The summed E-state index contributed by atoms with van der Waals surface area (Å²) < 4.78 is 0. The van der Waals surface area contributed by atoms with E-state index in [-0.39, 0.29) is 5.48 Å². The summed E-state index contributed by atoms with van der Waals surface area (Å²) in [5.74, 6) is 3.37. The molecule has 0 spiro atoms. The van der Waals surface area contributed by atoms with E-state index in [1.54, 1.807) is 0 Å². The van der Waals surface area contributed by atoms with Gasteiger partial charge in [-0.15, -0.1) is 0 Å². The molecule has 436 valence electrons. The maximum Gasteiger partial charge on any atom is 0.132 e. The summed E-state index contributed by atoms with van der Waals surface area (Å²) in [6.07, 6.45) is 83.2. The van der Waals surface area contributed by atoms with E-state index in [1.807, 2.05) is 0 Å². The van der Waals surface area contributed by atoms with Crippen molar-refractivity contribution in [3.8, 4) is 0 Å². The van der Waals surface area contributed by atoms with Crippen molar-refractivity contribution in [2.24, 2.45) is 17.8 Å². The smallest absolute Gasteiger partial charge is 0.132 e. The Balaban J connectivity index is -0.00000130. The lowest BCUT2D eigenvalue weighted by Crippen LogP contribution is -1.98. The first-order valence-electron chi connectivity index (χ1n) is 34.4. The predicted molar refractivity (Wildman–Crippen MR) is 331 cm³/mol. The first kappa shape index (κ1) is 75.9. The van der Waals surface area contributed by atoms with Gasteiger partial charge in [0.05, 0.1) is 0 Å². The van der Waals surface area contributed by atoms with E-state index in [0.29, 0.717) is 5.78 Å². The number of carbonyl (C=O) groups is 1. The Morgan fingerprint density at radius 2 is 0.389 bits per heavy atom. The molecule has 0 aliphatic rings. The molecule has 0 radical (unpaired) electrons. The van der Waals surface area contributed by atoms with Crippen molar-refractivity contribution in [2.45, 2.75) is 427 Å². The van der Waals surface area contributed by atoms with Gasteiger partial charge in [0.25, 0.3) is 0 Å². The third-order valence-corrected chi connectivity index (χ3v) is 17.0. The molecule has 0 rings (SSSR count). The van der Waals surface area contributed by atoms with Gasteiger partial charge in [0, 0.05) is 12.8 Å². The normalized spacial score (nSPS) is 12.7. The summed E-state index contributed by atoms with van der Waals surface area (Å²) in [6, 6.07) is 0. The van der Waals surface area contributed by atoms with Gasteiger partial charge in [-0.3, -0.25) is 4.79 Å². The summed E-state index contributed by atoms with van der Waals surface area (Å²) in [5.41, 5.74) is 0. The molecule has 72 heavy (non-hydrogen) atoms. The van der Waals surface area contributed by atoms with Crippen molar-refractivity contribution in [3.05, 3.63) is 0 Å². The highest BCUT2D eigenvalue weighted by molar-refractivity contribution is 5.78. The Bertz CT molecular complexity index is 892. The lowest BCUT2D eigenvalue weighted by Gasteiger charge is -2.13. The van der Waals surface area contributed by atoms with Crippen LogP contribution in [0, 0.1) is 17.8 Å². The average Bonchev–Trinajstić information content (AvgIpc) is 3.37. The zero-order valence-electron chi connectivity index (χ0n) is 51.9. The molecule has 3 atom stereocenters. The molecule has 0 aliphatic heterocycles. The van der Waals surface area contributed by atoms with E-state index < -0.39 is 0 Å². The van der Waals surface area contributed by atoms with Gasteiger partial charge in [0.2, 0.25) is 0 Å². The monoisotopic (exact) mass is 1020 g/mol. The van der Waals surface area contributed by atoms with Gasteiger partial charge in [-0.25, -0.2) is 0 Å². The third-order valence-electron chi connectivity index (χ3n) is 17.0. The van der Waals surface area contributed by atoms with Crippen molar-refractivity contribution in [1.29, 1.82) is 0 Å². The van der Waals surface area contributed by atoms with Crippen LogP contribution in [-0.2, 0) is 4.79 Å². The average molecular weight is 1020 g/mol. The summed E-state index contributed by atoms with van der Waals surface area (Å²) in [4.78, 5) is 12.1. The Kier molecular flexibility index (Phi) is 72.3. The molecule has 0 aliphatic carbocycles. The van der Waals surface area contributed by atoms with Crippen LogP contribution in [0.3, 0.4) is 0 Å². The van der Waals surface area contributed by atoms with Gasteiger partial charge in [-0.1, -0.05) is 402 Å². The van der Waals surface area contributed by atoms with Crippen LogP contribution in [-0.4, -0.2) is 11.3 Å². The Hall–Kier alpha value is -0.370. The fourth-order valence-corrected chi connectivity index (χ4v) is 11.0. The number of unbranched alkanes of at least 4 members (excludes halogenated alkanes) is 47. The number of rotatable bonds is 61. The van der Waals surface area contributed by atoms with Gasteiger partial charge in [-0.05, 0) is 30.6 Å². The van der Waals surface area contributed by atoms with E-state index in [0.717, 1.165) is 43.4 Å². The fourth-order valence-electron chi connectivity index (χ4n) is 11.0. The maximum atomic E-state index is 12.1. The van der Waals surface area contributed by atoms with Gasteiger partial charge < -0.3 is 5.48 Å². The zero-order valence-corrected chi connectivity index (χ0v) is 51.9. The predicted octanol–water partition coefficient (Wildman–Crippen LogP) is 25.7. The number of hydrogen-bond donors (Lipinski definition) is 0. The molecule has 0 bridgehead atoms. The molecule has 0 aromatic carbocycles. The standard InChI is InChI=1S/C35H70O.C35H72.H2O/c1-3-5-7-9-11-13-15-17-19-21-23-25-27-29-31-33-35(36)34-32-30-28-26-24-22-20-18-16-14-12-10-8-6-4-2;1-6-33(3)29-26-24-22-20-18-16-14-12-10-8-9-11-13-15-17-19-21-23-25-27-30-35(5)32-28-31-34(4)7-2;/h3-34H2,1-2H3;33-35H,6-32H2,1-5H3;1H2. The first-order valence-corrected chi connectivity index (χ1v) is 34.4. The molecule has 2 heteroatoms. The summed E-state index contributed by atoms with van der Waals surface area (Å²) in [5, 5.41) is 0. The summed E-state index contributed by atoms with van der Waals surface area (Å²) >= 11 is 0. The largest absolute Gasteiger partial charge is 0.412 e. The molecule has 3 unspecified atom stereocenters. The Labute approximate surface area is 459 Å². The van der Waals surface area contributed by atoms with Crippen LogP contribution in [0.1, 0.15) is 427 Å². The minimum atomic E-state index is 0. The van der Waals surface area contributed by atoms with Gasteiger partial charge in [0.15, 0.2) is 0 Å². The lowest BCUT2D eigenvalue weighted by atomic mass is 9.93. The van der Waals surface area contributed by atoms with Crippen LogP contribution in [0.15, 0.2) is 0 Å². The van der Waals surface area contributed by atoms with E-state index in [1.165, 1.54) is 353 Å². The molecule has 0 saturated carbocycles. The van der Waals surface area contributed by atoms with Crippen LogP contribution in [0.25, 0.3) is 0 Å². The molecule has 0 aromatic heterocycles. The molecule has 2 nitrogen and oxygen atoms in total. The SMILES string of the molecule is CCC(C)CCCCCCCCCCCCCCCCCCCCCCC(C)CCCC(C)CC.CCCCCCCCCCCCCCCCCC(=O)CCCCCCCCCCCCCCCCC.O. The van der Waals surface area contributed by atoms with E-state index in [9.17, 15) is 4.79 Å². The molecular weight excluding hydrogens is 873 g/mol. The zero-order chi connectivity index (χ0) is 52.0. The quantitative estimate of drug-likeness (QED) is 0.0560. The van der Waals surface area contributed by atoms with Crippen LogP contribution in [0.5, 0.6) is 0 Å². The molecule has 2 N–H and O–H groups in total. The first-order chi connectivity index (χ1) is 34.9. The second-order valence-corrected chi connectivity index (χ2v) is 24.6. The number of ketones is 1. The van der Waals surface area contributed by atoms with Gasteiger partial charge in [0.1, 0.15) is 5.78 Å². The lowest BCUT2D eigenvalue weighted by molar-refractivity contribution is -0.119. The highest BCUT2D eigenvalue weighted by Gasteiger charge is 2.06. The van der Waals surface area contributed by atoms with Crippen molar-refractivity contribution < 1.29 is 10.3 Å². The van der Waals surface area contributed by atoms with E-state index in [4.69, 9.17) is 0 Å². The van der Waals surface area contributed by atoms with Crippen LogP contribution in [0.2, 0.25) is 0 Å². The topological polar surface area (TPSA) is 48.6 Å². The fraction of sp³-hybridized carbons (Fsp3) is 0.986. The number of Topliss-reactive ketones (excluding diaryl/α,β-unsaturated/α-hetero) is 1. The molecule has 0 aromatic rings. The number of carbonyl (C=O) groups excluding carboxylic acids is 1. The van der Waals surface area contributed by atoms with Gasteiger partial charge >= 0.3 is 0 Å².